The van der Waals surface area contributed by atoms with Crippen molar-refractivity contribution in [3.63, 3.8) is 0 Å². The van der Waals surface area contributed by atoms with E-state index in [4.69, 9.17) is 28.8 Å². The average molecular weight is 869 g/mol. The van der Waals surface area contributed by atoms with Crippen LogP contribution in [-0.2, 0) is 30.3 Å². The molecule has 12 heteroatoms. The first-order valence-corrected chi connectivity index (χ1v) is 20.9. The van der Waals surface area contributed by atoms with E-state index in [1.807, 2.05) is 36.4 Å². The van der Waals surface area contributed by atoms with Gasteiger partial charge < -0.3 is 33.5 Å². The van der Waals surface area contributed by atoms with Crippen LogP contribution >= 0.6 is 0 Å². The Hall–Kier alpha value is -6.53. The van der Waals surface area contributed by atoms with E-state index in [1.165, 1.54) is 11.1 Å². The molecule has 4 aromatic rings. The topological polar surface area (TPSA) is 161 Å². The first-order valence-electron chi connectivity index (χ1n) is 20.9. The molecule has 0 fully saturated rings. The van der Waals surface area contributed by atoms with E-state index in [0.717, 1.165) is 83.5 Å². The highest BCUT2D eigenvalue weighted by atomic mass is 16.5. The zero-order chi connectivity index (χ0) is 46.7. The lowest BCUT2D eigenvalue weighted by molar-refractivity contribution is -0.139. The predicted octanol–water partition coefficient (Wildman–Crippen LogP) is 10.2. The number of carbonyl (C=O) groups excluding carboxylic acids is 5. The van der Waals surface area contributed by atoms with Gasteiger partial charge >= 0.3 is 17.9 Å². The number of aliphatic hydroxyl groups excluding tert-OH is 1. The zero-order valence-corrected chi connectivity index (χ0v) is 37.4. The number of ether oxygens (including phenoxy) is 6. The van der Waals surface area contributed by atoms with Crippen LogP contribution < -0.4 is 18.9 Å². The number of esters is 3. The minimum atomic E-state index is -0.479. The van der Waals surface area contributed by atoms with Crippen molar-refractivity contribution in [1.82, 2.24) is 0 Å². The quantitative estimate of drug-likeness (QED) is 0.0234. The second kappa shape index (κ2) is 34.1. The number of benzene rings is 4. The first kappa shape index (κ1) is 54.5. The van der Waals surface area contributed by atoms with Gasteiger partial charge in [-0.15, -0.1) is 0 Å². The van der Waals surface area contributed by atoms with Crippen LogP contribution in [0.3, 0.4) is 0 Å². The molecule has 340 valence electrons. The van der Waals surface area contributed by atoms with Crippen molar-refractivity contribution in [2.75, 3.05) is 33.5 Å². The number of hydrogen-bond acceptors (Lipinski definition) is 12. The molecule has 63 heavy (non-hydrogen) atoms. The molecule has 0 atom stereocenters. The third kappa shape index (κ3) is 25.8. The third-order valence-electron chi connectivity index (χ3n) is 8.63. The Balaban J connectivity index is 0.000000514. The number of rotatable bonds is 24. The summed E-state index contributed by atoms with van der Waals surface area (Å²) in [7, 11) is 1.00. The van der Waals surface area contributed by atoms with Crippen LogP contribution in [-0.4, -0.2) is 69.3 Å². The van der Waals surface area contributed by atoms with Gasteiger partial charge in [-0.05, 0) is 157 Å². The number of aryl methyl sites for hydroxylation is 2. The Morgan fingerprint density at radius 1 is 0.556 bits per heavy atom. The van der Waals surface area contributed by atoms with Gasteiger partial charge in [0.05, 0.1) is 32.0 Å². The molecule has 0 spiro atoms. The predicted molar refractivity (Wildman–Crippen MR) is 245 cm³/mol. The van der Waals surface area contributed by atoms with Crippen LogP contribution in [0.5, 0.6) is 23.0 Å². The van der Waals surface area contributed by atoms with E-state index >= 15 is 0 Å². The smallest absolute Gasteiger partial charge is 0.343 e. The molecule has 0 aliphatic rings. The standard InChI is InChI=1S/C24H26O6.C17H24O3.C9H10O2.CH4O/c1-18(2)23(26)29-16-6-4-3-5-15-28-21-13-9-20(10-14-21)24(27)30-22-11-7-19(17-25)8-12-22;1-14(2)17(18)20-13-7-5-4-6-12-19-16-10-8-15(3)9-11-16;1-2-8-3-5-9(6-4-8)11-7-10;1-2/h7-14,17H,1,3-6,15-16H2,2H3;8-11H,1,4-7,12-13H2,2-3H3;3-7H,2H2,1H3;2H,1H3. The van der Waals surface area contributed by atoms with Gasteiger partial charge in [-0.25, -0.2) is 14.4 Å². The second-order valence-electron chi connectivity index (χ2n) is 14.0. The Kier molecular flexibility index (Phi) is 29.5. The van der Waals surface area contributed by atoms with E-state index in [-0.39, 0.29) is 11.9 Å². The lowest BCUT2D eigenvalue weighted by Gasteiger charge is -2.08. The lowest BCUT2D eigenvalue weighted by Crippen LogP contribution is -2.08. The maximum atomic E-state index is 12.2. The van der Waals surface area contributed by atoms with Crippen molar-refractivity contribution in [3.05, 3.63) is 144 Å². The molecule has 0 radical (unpaired) electrons. The molecule has 1 N–H and O–H groups in total. The van der Waals surface area contributed by atoms with Crippen LogP contribution in [0, 0.1) is 6.92 Å². The van der Waals surface area contributed by atoms with Crippen LogP contribution in [0.1, 0.15) is 104 Å². The molecule has 0 unspecified atom stereocenters. The summed E-state index contributed by atoms with van der Waals surface area (Å²) in [5.41, 5.74) is 4.27. The van der Waals surface area contributed by atoms with Gasteiger partial charge in [0.1, 0.15) is 29.3 Å². The molecule has 0 bridgehead atoms. The molecular formula is C51H64O12. The van der Waals surface area contributed by atoms with Gasteiger partial charge in [0.25, 0.3) is 6.47 Å². The Labute approximate surface area is 372 Å². The van der Waals surface area contributed by atoms with Crippen molar-refractivity contribution in [3.8, 4) is 23.0 Å². The van der Waals surface area contributed by atoms with Crippen molar-refractivity contribution < 1.29 is 57.5 Å². The highest BCUT2D eigenvalue weighted by Crippen LogP contribution is 2.18. The van der Waals surface area contributed by atoms with Gasteiger partial charge in [0.2, 0.25) is 0 Å². The largest absolute Gasteiger partial charge is 0.494 e. The summed E-state index contributed by atoms with van der Waals surface area (Å²) >= 11 is 0. The van der Waals surface area contributed by atoms with Crippen LogP contribution in [0.25, 0.3) is 0 Å². The van der Waals surface area contributed by atoms with Gasteiger partial charge in [0.15, 0.2) is 0 Å². The molecule has 0 saturated heterocycles. The van der Waals surface area contributed by atoms with E-state index in [2.05, 4.69) is 31.7 Å². The maximum Gasteiger partial charge on any atom is 0.343 e. The maximum absolute atomic E-state index is 12.2. The van der Waals surface area contributed by atoms with E-state index in [9.17, 15) is 24.0 Å². The van der Waals surface area contributed by atoms with Crippen molar-refractivity contribution >= 4 is 30.7 Å². The minimum Gasteiger partial charge on any atom is -0.494 e. The molecule has 0 aliphatic heterocycles. The fraction of sp³-hybridized carbons (Fsp3) is 0.353. The van der Waals surface area contributed by atoms with Gasteiger partial charge in [0, 0.05) is 23.8 Å². The van der Waals surface area contributed by atoms with Crippen molar-refractivity contribution in [2.45, 2.75) is 85.5 Å². The molecular weight excluding hydrogens is 805 g/mol. The Morgan fingerprint density at radius 3 is 1.38 bits per heavy atom. The first-order chi connectivity index (χ1) is 30.4. The molecule has 0 aromatic heterocycles. The van der Waals surface area contributed by atoms with E-state index in [1.54, 1.807) is 74.5 Å². The Bertz CT molecular complexity index is 1920. The SMILES string of the molecule is C=C(C)C(=O)OCCCCCCOc1ccc(C(=O)Oc2ccc(C=O)cc2)cc1.C=C(C)C(=O)OCCCCCCOc1ccc(C)cc1.CCc1ccc(OC=O)cc1.CO. The summed E-state index contributed by atoms with van der Waals surface area (Å²) in [5, 5.41) is 7.00. The fourth-order valence-electron chi connectivity index (χ4n) is 5.03. The molecule has 4 rings (SSSR count). The number of hydrogen-bond donors (Lipinski definition) is 1. The van der Waals surface area contributed by atoms with Crippen molar-refractivity contribution in [1.29, 1.82) is 0 Å². The summed E-state index contributed by atoms with van der Waals surface area (Å²) in [6, 6.07) is 28.6. The second-order valence-corrected chi connectivity index (χ2v) is 14.0. The summed E-state index contributed by atoms with van der Waals surface area (Å²) in [4.78, 5) is 55.1. The summed E-state index contributed by atoms with van der Waals surface area (Å²) in [6.45, 7) is 17.1. The summed E-state index contributed by atoms with van der Waals surface area (Å²) in [6.07, 6.45) is 9.38. The highest BCUT2D eigenvalue weighted by molar-refractivity contribution is 5.91. The molecule has 0 aliphatic carbocycles. The third-order valence-corrected chi connectivity index (χ3v) is 8.63. The fourth-order valence-corrected chi connectivity index (χ4v) is 5.03. The van der Waals surface area contributed by atoms with Gasteiger partial charge in [-0.1, -0.05) is 49.9 Å². The zero-order valence-electron chi connectivity index (χ0n) is 37.4. The lowest BCUT2D eigenvalue weighted by atomic mass is 10.2. The number of unbranched alkanes of at least 4 members (excludes halogenated alkanes) is 6. The Morgan fingerprint density at radius 2 is 0.968 bits per heavy atom. The van der Waals surface area contributed by atoms with Gasteiger partial charge in [-0.2, -0.15) is 0 Å². The summed E-state index contributed by atoms with van der Waals surface area (Å²) in [5.74, 6) is 1.45. The number of aliphatic hydroxyl groups is 1. The number of aldehydes is 1. The normalized spacial score (nSPS) is 9.75. The molecule has 0 heterocycles. The van der Waals surface area contributed by atoms with Gasteiger partial charge in [-0.3, -0.25) is 9.59 Å². The van der Waals surface area contributed by atoms with Crippen LogP contribution in [0.2, 0.25) is 0 Å². The minimum absolute atomic E-state index is 0.298. The van der Waals surface area contributed by atoms with E-state index < -0.39 is 5.97 Å². The molecule has 4 aromatic carbocycles. The average Bonchev–Trinajstić information content (AvgIpc) is 3.30. The van der Waals surface area contributed by atoms with Crippen LogP contribution in [0.4, 0.5) is 0 Å². The number of carbonyl (C=O) groups is 5. The van der Waals surface area contributed by atoms with Crippen molar-refractivity contribution in [2.24, 2.45) is 0 Å². The van der Waals surface area contributed by atoms with Crippen LogP contribution in [0.15, 0.2) is 121 Å². The highest BCUT2D eigenvalue weighted by Gasteiger charge is 2.09. The summed E-state index contributed by atoms with van der Waals surface area (Å²) < 4.78 is 31.3. The molecule has 0 saturated carbocycles. The monoisotopic (exact) mass is 868 g/mol. The van der Waals surface area contributed by atoms with E-state index in [0.29, 0.717) is 65.8 Å². The molecule has 12 nitrogen and oxygen atoms in total. The molecule has 0 amide bonds.